The van der Waals surface area contributed by atoms with E-state index in [0.717, 1.165) is 36.0 Å². The Bertz CT molecular complexity index is 1590. The number of nitrogens with zero attached hydrogens (tertiary/aromatic N) is 1. The predicted molar refractivity (Wildman–Crippen MR) is 173 cm³/mol. The summed E-state index contributed by atoms with van der Waals surface area (Å²) in [5, 5.41) is 5.56. The van der Waals surface area contributed by atoms with Crippen LogP contribution in [0.1, 0.15) is 59.1 Å². The van der Waals surface area contributed by atoms with E-state index in [0.29, 0.717) is 49.6 Å². The highest BCUT2D eigenvalue weighted by Gasteiger charge is 2.33. The lowest BCUT2D eigenvalue weighted by Crippen LogP contribution is -2.27. The van der Waals surface area contributed by atoms with Crippen molar-refractivity contribution >= 4 is 68.9 Å². The Morgan fingerprint density at radius 2 is 1.76 bits per heavy atom. The Hall–Kier alpha value is -2.83. The van der Waals surface area contributed by atoms with Gasteiger partial charge in [0.05, 0.1) is 5.56 Å². The minimum Gasteiger partial charge on any atom is -0.488 e. The third kappa shape index (κ3) is 7.34. The molecule has 5 rings (SSSR count). The lowest BCUT2D eigenvalue weighted by Gasteiger charge is -2.33. The summed E-state index contributed by atoms with van der Waals surface area (Å²) in [6, 6.07) is 20.1. The molecule has 212 valence electrons. The van der Waals surface area contributed by atoms with Crippen molar-refractivity contribution in [1.29, 1.82) is 0 Å². The molecule has 0 spiro atoms. The van der Waals surface area contributed by atoms with E-state index in [-0.39, 0.29) is 11.3 Å². The fraction of sp³-hybridized carbons (Fsp3) is 0.273. The first kappa shape index (κ1) is 29.7. The number of halogens is 3. The highest BCUT2D eigenvalue weighted by Crippen LogP contribution is 2.45. The molecule has 4 nitrogen and oxygen atoms in total. The number of carbonyl (C=O) groups is 1. The Morgan fingerprint density at radius 3 is 2.49 bits per heavy atom. The van der Waals surface area contributed by atoms with Gasteiger partial charge in [0.2, 0.25) is 0 Å². The van der Waals surface area contributed by atoms with Crippen molar-refractivity contribution in [3.63, 3.8) is 0 Å². The van der Waals surface area contributed by atoms with Gasteiger partial charge in [0, 0.05) is 37.4 Å². The molecule has 1 aliphatic carbocycles. The van der Waals surface area contributed by atoms with Crippen LogP contribution in [-0.2, 0) is 19.4 Å². The topological polar surface area (TPSA) is 50.7 Å². The number of rotatable bonds is 7. The van der Waals surface area contributed by atoms with Crippen molar-refractivity contribution < 1.29 is 9.53 Å². The highest BCUT2D eigenvalue weighted by molar-refractivity contribution is 7.16. The lowest BCUT2D eigenvalue weighted by molar-refractivity contribution is 0.102. The molecule has 0 unspecified atom stereocenters. The van der Waals surface area contributed by atoms with Gasteiger partial charge in [-0.05, 0) is 96.3 Å². The average Bonchev–Trinajstić information content (AvgIpc) is 3.30. The summed E-state index contributed by atoms with van der Waals surface area (Å²) in [4.78, 5) is 19.8. The van der Waals surface area contributed by atoms with Gasteiger partial charge < -0.3 is 10.1 Å². The molecule has 4 aromatic rings. The lowest BCUT2D eigenvalue weighted by atomic mass is 9.72. The molecular formula is C33H31Cl3N2O2S. The van der Waals surface area contributed by atoms with Gasteiger partial charge in [-0.15, -0.1) is 11.3 Å². The zero-order chi connectivity index (χ0) is 29.1. The Labute approximate surface area is 260 Å². The zero-order valence-corrected chi connectivity index (χ0v) is 26.2. The Morgan fingerprint density at radius 1 is 1.02 bits per heavy atom. The standard InChI is InChI=1S/C33H31Cl3N2O2S/c1-33(2,3)22-7-13-27-29(17-22)41-32(30(27)31(39)38-26-11-8-23(34)9-12-26)37-18-21-16-25(36)10-14-28(21)40-19-20-5-4-6-24(35)15-20/h4-6,8-12,14-16,18,22H,7,13,17,19H2,1-3H3,(H,38,39)/t22-/m0/s1. The van der Waals surface area contributed by atoms with E-state index < -0.39 is 0 Å². The quantitative estimate of drug-likeness (QED) is 0.208. The van der Waals surface area contributed by atoms with Gasteiger partial charge in [0.15, 0.2) is 0 Å². The molecule has 1 amide bonds. The Kier molecular flexibility index (Phi) is 9.10. The van der Waals surface area contributed by atoms with Gasteiger partial charge in [-0.2, -0.15) is 0 Å². The van der Waals surface area contributed by atoms with Gasteiger partial charge in [-0.1, -0.05) is 67.7 Å². The number of carbonyl (C=O) groups excluding carboxylic acids is 1. The normalized spacial score (nSPS) is 15.1. The summed E-state index contributed by atoms with van der Waals surface area (Å²) >= 11 is 20.1. The minimum atomic E-state index is -0.172. The van der Waals surface area contributed by atoms with Crippen LogP contribution in [0.2, 0.25) is 15.1 Å². The van der Waals surface area contributed by atoms with E-state index in [4.69, 9.17) is 44.5 Å². The molecule has 0 aliphatic heterocycles. The van der Waals surface area contributed by atoms with Crippen molar-refractivity contribution in [2.24, 2.45) is 16.3 Å². The molecule has 1 aromatic heterocycles. The molecule has 3 aromatic carbocycles. The highest BCUT2D eigenvalue weighted by atomic mass is 35.5. The van der Waals surface area contributed by atoms with Gasteiger partial charge in [0.25, 0.3) is 5.91 Å². The monoisotopic (exact) mass is 624 g/mol. The maximum atomic E-state index is 13.7. The fourth-order valence-corrected chi connectivity index (χ4v) is 6.82. The van der Waals surface area contributed by atoms with E-state index in [1.165, 1.54) is 4.88 Å². The second-order valence-electron chi connectivity index (χ2n) is 11.3. The van der Waals surface area contributed by atoms with Crippen molar-refractivity contribution in [3.8, 4) is 5.75 Å². The molecule has 41 heavy (non-hydrogen) atoms. The van der Waals surface area contributed by atoms with E-state index in [9.17, 15) is 4.79 Å². The molecule has 0 fully saturated rings. The van der Waals surface area contributed by atoms with Gasteiger partial charge in [0.1, 0.15) is 17.4 Å². The van der Waals surface area contributed by atoms with Crippen LogP contribution in [0.15, 0.2) is 71.7 Å². The molecular weight excluding hydrogens is 595 g/mol. The molecule has 0 bridgehead atoms. The zero-order valence-electron chi connectivity index (χ0n) is 23.1. The number of fused-ring (bicyclic) bond motifs is 1. The molecule has 1 aliphatic rings. The molecule has 1 N–H and O–H groups in total. The van der Waals surface area contributed by atoms with E-state index >= 15 is 0 Å². The fourth-order valence-electron chi connectivity index (χ4n) is 5.03. The van der Waals surface area contributed by atoms with Crippen LogP contribution in [0, 0.1) is 11.3 Å². The number of hydrogen-bond acceptors (Lipinski definition) is 4. The van der Waals surface area contributed by atoms with Crippen LogP contribution >= 0.6 is 46.1 Å². The number of thiophene rings is 1. The number of nitrogens with one attached hydrogen (secondary N) is 1. The second kappa shape index (κ2) is 12.6. The van der Waals surface area contributed by atoms with Gasteiger partial charge >= 0.3 is 0 Å². The van der Waals surface area contributed by atoms with Gasteiger partial charge in [-0.3, -0.25) is 4.79 Å². The smallest absolute Gasteiger partial charge is 0.259 e. The molecule has 8 heteroatoms. The predicted octanol–water partition coefficient (Wildman–Crippen LogP) is 10.4. The SMILES string of the molecule is CC(C)(C)[C@H]1CCc2c(sc(N=Cc3cc(Cl)ccc3OCc3cccc(Cl)c3)c2C(=O)Nc2ccc(Cl)cc2)C1. The summed E-state index contributed by atoms with van der Waals surface area (Å²) < 4.78 is 6.13. The van der Waals surface area contributed by atoms with Crippen LogP contribution in [0.25, 0.3) is 0 Å². The van der Waals surface area contributed by atoms with E-state index in [1.54, 1.807) is 47.9 Å². The van der Waals surface area contributed by atoms with Crippen LogP contribution in [0.5, 0.6) is 5.75 Å². The molecule has 1 heterocycles. The van der Waals surface area contributed by atoms with Crippen molar-refractivity contribution in [2.45, 2.75) is 46.6 Å². The minimum absolute atomic E-state index is 0.172. The third-order valence-electron chi connectivity index (χ3n) is 7.38. The van der Waals surface area contributed by atoms with Gasteiger partial charge in [-0.25, -0.2) is 4.99 Å². The van der Waals surface area contributed by atoms with Crippen LogP contribution in [0.3, 0.4) is 0 Å². The number of benzene rings is 3. The summed E-state index contributed by atoms with van der Waals surface area (Å²) in [5.41, 5.74) is 4.28. The number of anilines is 1. The van der Waals surface area contributed by atoms with Crippen molar-refractivity contribution in [3.05, 3.63) is 109 Å². The maximum absolute atomic E-state index is 13.7. The van der Waals surface area contributed by atoms with Crippen molar-refractivity contribution in [2.75, 3.05) is 5.32 Å². The number of ether oxygens (including phenoxy) is 1. The first-order valence-corrected chi connectivity index (χ1v) is 15.4. The molecule has 0 saturated heterocycles. The number of hydrogen-bond donors (Lipinski definition) is 1. The summed E-state index contributed by atoms with van der Waals surface area (Å²) in [5.74, 6) is 1.01. The first-order chi connectivity index (χ1) is 19.6. The van der Waals surface area contributed by atoms with Crippen LogP contribution in [0.4, 0.5) is 10.7 Å². The largest absolute Gasteiger partial charge is 0.488 e. The van der Waals surface area contributed by atoms with Crippen molar-refractivity contribution in [1.82, 2.24) is 0 Å². The molecule has 0 radical (unpaired) electrons. The average molecular weight is 626 g/mol. The van der Waals surface area contributed by atoms with E-state index in [2.05, 4.69) is 26.1 Å². The summed E-state index contributed by atoms with van der Waals surface area (Å²) in [6.07, 6.45) is 4.55. The third-order valence-corrected chi connectivity index (χ3v) is 9.26. The second-order valence-corrected chi connectivity index (χ2v) is 13.7. The number of amides is 1. The molecule has 1 atom stereocenters. The first-order valence-electron chi connectivity index (χ1n) is 13.5. The maximum Gasteiger partial charge on any atom is 0.259 e. The van der Waals surface area contributed by atoms with E-state index in [1.807, 2.05) is 36.4 Å². The van der Waals surface area contributed by atoms with Crippen LogP contribution < -0.4 is 10.1 Å². The summed E-state index contributed by atoms with van der Waals surface area (Å²) in [6.45, 7) is 7.20. The molecule has 0 saturated carbocycles. The van der Waals surface area contributed by atoms with Crippen LogP contribution in [-0.4, -0.2) is 12.1 Å². The Balaban J connectivity index is 1.47. The number of aliphatic imine (C=N–C) groups is 1. The summed E-state index contributed by atoms with van der Waals surface area (Å²) in [7, 11) is 0.